The van der Waals surface area contributed by atoms with Crippen molar-refractivity contribution < 1.29 is 31.3 Å². The van der Waals surface area contributed by atoms with E-state index >= 15 is 0 Å². The standard InChI is InChI=1S/C13H15F3N2O5S2/c1-3-17(4-2)12(19)8-24(22)11-6-5-9(7-10(11)18(20)21)25(23)13(14,15)16/h5-7H,3-4,8H2,1-2H3. The lowest BCUT2D eigenvalue weighted by molar-refractivity contribution is -0.388. The van der Waals surface area contributed by atoms with E-state index in [0.717, 1.165) is 12.1 Å². The van der Waals surface area contributed by atoms with Crippen molar-refractivity contribution in [3.63, 3.8) is 0 Å². The molecule has 0 aliphatic carbocycles. The molecule has 0 aliphatic rings. The molecule has 1 amide bonds. The van der Waals surface area contributed by atoms with Crippen LogP contribution in [0, 0.1) is 10.1 Å². The number of benzene rings is 1. The molecule has 0 fully saturated rings. The van der Waals surface area contributed by atoms with Crippen molar-refractivity contribution in [1.82, 2.24) is 4.90 Å². The smallest absolute Gasteiger partial charge is 0.342 e. The van der Waals surface area contributed by atoms with Crippen LogP contribution in [0.25, 0.3) is 0 Å². The number of nitro groups is 1. The molecule has 0 heterocycles. The first kappa shape index (κ1) is 21.2. The lowest BCUT2D eigenvalue weighted by Crippen LogP contribution is -2.34. The van der Waals surface area contributed by atoms with Gasteiger partial charge in [0.25, 0.3) is 5.69 Å². The van der Waals surface area contributed by atoms with E-state index < -0.39 is 59.2 Å². The number of rotatable bonds is 7. The number of halogens is 3. The van der Waals surface area contributed by atoms with Crippen LogP contribution >= 0.6 is 0 Å². The van der Waals surface area contributed by atoms with Crippen LogP contribution in [0.5, 0.6) is 0 Å². The SMILES string of the molecule is CCN(CC)C(=O)CS(=O)c1ccc(S(=O)C(F)(F)F)cc1[N+](=O)[O-]. The number of hydrogen-bond donors (Lipinski definition) is 0. The van der Waals surface area contributed by atoms with Gasteiger partial charge in [-0.25, -0.2) is 4.21 Å². The molecule has 140 valence electrons. The Labute approximate surface area is 146 Å². The number of alkyl halides is 3. The summed E-state index contributed by atoms with van der Waals surface area (Å²) in [6.07, 6.45) is 0. The third-order valence-electron chi connectivity index (χ3n) is 3.17. The molecule has 7 nitrogen and oxygen atoms in total. The summed E-state index contributed by atoms with van der Waals surface area (Å²) >= 11 is 0. The van der Waals surface area contributed by atoms with E-state index in [0.29, 0.717) is 19.2 Å². The van der Waals surface area contributed by atoms with Crippen molar-refractivity contribution in [2.24, 2.45) is 0 Å². The Balaban J connectivity index is 3.20. The Morgan fingerprint density at radius 3 is 2.24 bits per heavy atom. The zero-order valence-electron chi connectivity index (χ0n) is 13.2. The number of carbonyl (C=O) groups is 1. The monoisotopic (exact) mass is 400 g/mol. The summed E-state index contributed by atoms with van der Waals surface area (Å²) in [6, 6.07) is 2.06. The zero-order chi connectivity index (χ0) is 19.4. The number of nitro benzene ring substituents is 1. The Hall–Kier alpha value is -1.82. The molecule has 1 aromatic carbocycles. The van der Waals surface area contributed by atoms with Crippen LogP contribution < -0.4 is 0 Å². The molecular formula is C13H15F3N2O5S2. The minimum Gasteiger partial charge on any atom is -0.342 e. The molecule has 1 aromatic rings. The molecule has 12 heteroatoms. The largest absolute Gasteiger partial charge is 0.475 e. The molecule has 25 heavy (non-hydrogen) atoms. The van der Waals surface area contributed by atoms with E-state index in [-0.39, 0.29) is 0 Å². The van der Waals surface area contributed by atoms with Crippen molar-refractivity contribution >= 4 is 33.2 Å². The van der Waals surface area contributed by atoms with E-state index in [1.165, 1.54) is 4.90 Å². The van der Waals surface area contributed by atoms with Gasteiger partial charge >= 0.3 is 5.51 Å². The van der Waals surface area contributed by atoms with E-state index in [1.807, 2.05) is 0 Å². The van der Waals surface area contributed by atoms with Gasteiger partial charge in [0, 0.05) is 19.2 Å². The topological polar surface area (TPSA) is 97.6 Å². The summed E-state index contributed by atoms with van der Waals surface area (Å²) in [5.74, 6) is -1.04. The molecular weight excluding hydrogens is 385 g/mol. The van der Waals surface area contributed by atoms with Gasteiger partial charge in [0.15, 0.2) is 10.8 Å². The second-order valence-electron chi connectivity index (χ2n) is 4.66. The number of nitrogens with zero attached hydrogens (tertiary/aromatic N) is 2. The van der Waals surface area contributed by atoms with Gasteiger partial charge in [-0.3, -0.25) is 19.1 Å². The summed E-state index contributed by atoms with van der Waals surface area (Å²) < 4.78 is 61.0. The number of carbonyl (C=O) groups excluding carboxylic acids is 1. The predicted molar refractivity (Wildman–Crippen MR) is 84.8 cm³/mol. The molecule has 0 radical (unpaired) electrons. The lowest BCUT2D eigenvalue weighted by Gasteiger charge is -2.18. The Kier molecular flexibility index (Phi) is 7.23. The van der Waals surface area contributed by atoms with E-state index in [1.54, 1.807) is 13.8 Å². The molecule has 0 N–H and O–H groups in total. The highest BCUT2D eigenvalue weighted by Crippen LogP contribution is 2.31. The summed E-state index contributed by atoms with van der Waals surface area (Å²) in [6.45, 7) is 4.12. The molecule has 2 atom stereocenters. The van der Waals surface area contributed by atoms with Crippen molar-refractivity contribution in [1.29, 1.82) is 0 Å². The molecule has 0 saturated heterocycles. The van der Waals surface area contributed by atoms with Crippen LogP contribution in [0.1, 0.15) is 13.8 Å². The van der Waals surface area contributed by atoms with Crippen molar-refractivity contribution in [2.75, 3.05) is 18.8 Å². The maximum atomic E-state index is 12.5. The van der Waals surface area contributed by atoms with Gasteiger partial charge in [-0.1, -0.05) is 0 Å². The summed E-state index contributed by atoms with van der Waals surface area (Å²) in [5.41, 5.74) is -5.95. The maximum absolute atomic E-state index is 12.5. The zero-order valence-corrected chi connectivity index (χ0v) is 14.9. The highest BCUT2D eigenvalue weighted by molar-refractivity contribution is 7.86. The van der Waals surface area contributed by atoms with Gasteiger partial charge in [-0.15, -0.1) is 0 Å². The number of amides is 1. The van der Waals surface area contributed by atoms with Gasteiger partial charge in [-0.05, 0) is 26.0 Å². The van der Waals surface area contributed by atoms with E-state index in [4.69, 9.17) is 0 Å². The fourth-order valence-corrected chi connectivity index (χ4v) is 3.77. The third-order valence-corrected chi connectivity index (χ3v) is 5.61. The molecule has 0 aliphatic heterocycles. The predicted octanol–water partition coefficient (Wildman–Crippen LogP) is 2.20. The van der Waals surface area contributed by atoms with Crippen molar-refractivity contribution in [2.45, 2.75) is 29.1 Å². The summed E-state index contributed by atoms with van der Waals surface area (Å²) in [4.78, 5) is 22.2. The van der Waals surface area contributed by atoms with Crippen LogP contribution in [0.2, 0.25) is 0 Å². The normalized spacial score (nSPS) is 14.0. The van der Waals surface area contributed by atoms with E-state index in [9.17, 15) is 36.5 Å². The fraction of sp³-hybridized carbons (Fsp3) is 0.462. The average molecular weight is 400 g/mol. The first-order valence-electron chi connectivity index (χ1n) is 6.96. The van der Waals surface area contributed by atoms with Crippen LogP contribution in [-0.2, 0) is 26.4 Å². The Morgan fingerprint density at radius 1 is 1.24 bits per heavy atom. The quantitative estimate of drug-likeness (QED) is 0.516. The van der Waals surface area contributed by atoms with Crippen LogP contribution in [-0.4, -0.2) is 48.5 Å². The fourth-order valence-electron chi connectivity index (χ4n) is 1.94. The van der Waals surface area contributed by atoms with Crippen LogP contribution in [0.3, 0.4) is 0 Å². The second kappa shape index (κ2) is 8.52. The van der Waals surface area contributed by atoms with Crippen molar-refractivity contribution in [3.05, 3.63) is 28.3 Å². The van der Waals surface area contributed by atoms with Crippen molar-refractivity contribution in [3.8, 4) is 0 Å². The highest BCUT2D eigenvalue weighted by atomic mass is 32.2. The Morgan fingerprint density at radius 2 is 1.80 bits per heavy atom. The van der Waals surface area contributed by atoms with Gasteiger partial charge in [0.1, 0.15) is 10.6 Å². The third kappa shape index (κ3) is 5.33. The molecule has 0 spiro atoms. The first-order valence-corrected chi connectivity index (χ1v) is 9.42. The maximum Gasteiger partial charge on any atom is 0.475 e. The average Bonchev–Trinajstić information content (AvgIpc) is 2.53. The van der Waals surface area contributed by atoms with Gasteiger partial charge < -0.3 is 4.90 Å². The van der Waals surface area contributed by atoms with Gasteiger partial charge in [0.2, 0.25) is 5.91 Å². The molecule has 2 unspecified atom stereocenters. The van der Waals surface area contributed by atoms with Gasteiger partial charge in [-0.2, -0.15) is 13.2 Å². The Bertz CT molecular complexity index is 720. The molecule has 0 aromatic heterocycles. The molecule has 0 bridgehead atoms. The number of hydrogen-bond acceptors (Lipinski definition) is 5. The van der Waals surface area contributed by atoms with Crippen LogP contribution in [0.15, 0.2) is 28.0 Å². The second-order valence-corrected chi connectivity index (χ2v) is 7.55. The summed E-state index contributed by atoms with van der Waals surface area (Å²) in [5, 5.41) is 11.1. The van der Waals surface area contributed by atoms with Crippen LogP contribution in [0.4, 0.5) is 18.9 Å². The highest BCUT2D eigenvalue weighted by Gasteiger charge is 2.39. The van der Waals surface area contributed by atoms with Gasteiger partial charge in [0.05, 0.1) is 20.6 Å². The minimum atomic E-state index is -5.08. The first-order chi connectivity index (χ1) is 11.5. The van der Waals surface area contributed by atoms with E-state index in [2.05, 4.69) is 0 Å². The molecule has 0 saturated carbocycles. The minimum absolute atomic E-state index is 0.359. The molecule has 1 rings (SSSR count). The lowest BCUT2D eigenvalue weighted by atomic mass is 10.3. The summed E-state index contributed by atoms with van der Waals surface area (Å²) in [7, 11) is -5.57.